The van der Waals surface area contributed by atoms with Crippen molar-refractivity contribution in [3.8, 4) is 0 Å². The first-order valence-electron chi connectivity index (χ1n) is 8.00. The summed E-state index contributed by atoms with van der Waals surface area (Å²) >= 11 is 0. The molecule has 1 aliphatic heterocycles. The van der Waals surface area contributed by atoms with Crippen LogP contribution >= 0.6 is 0 Å². The van der Waals surface area contributed by atoms with Crippen molar-refractivity contribution in [3.05, 3.63) is 35.4 Å². The molecule has 1 heterocycles. The number of rotatable bonds is 4. The molecule has 0 bridgehead atoms. The van der Waals surface area contributed by atoms with E-state index in [2.05, 4.69) is 5.32 Å². The fourth-order valence-electron chi connectivity index (χ4n) is 3.08. The highest BCUT2D eigenvalue weighted by Crippen LogP contribution is 2.32. The van der Waals surface area contributed by atoms with Gasteiger partial charge in [0.2, 0.25) is 11.8 Å². The van der Waals surface area contributed by atoms with Crippen molar-refractivity contribution in [3.63, 3.8) is 0 Å². The fourth-order valence-corrected chi connectivity index (χ4v) is 3.08. The Kier molecular flexibility index (Phi) is 5.72. The molecule has 0 aromatic heterocycles. The van der Waals surface area contributed by atoms with Crippen LogP contribution in [0, 0.1) is 0 Å². The van der Waals surface area contributed by atoms with E-state index in [0.29, 0.717) is 19.4 Å². The van der Waals surface area contributed by atoms with Crippen molar-refractivity contribution in [1.29, 1.82) is 0 Å². The minimum absolute atomic E-state index is 0.0621. The van der Waals surface area contributed by atoms with Crippen molar-refractivity contribution in [2.45, 2.75) is 37.5 Å². The van der Waals surface area contributed by atoms with Crippen LogP contribution in [-0.4, -0.2) is 47.6 Å². The number of piperidine rings is 1. The maximum Gasteiger partial charge on any atom is 0.416 e. The summed E-state index contributed by atoms with van der Waals surface area (Å²) < 4.78 is 39.1. The molecular weight excluding hydrogens is 337 g/mol. The molecule has 0 radical (unpaired) electrons. The van der Waals surface area contributed by atoms with Gasteiger partial charge in [0.15, 0.2) is 0 Å². The number of benzene rings is 1. The van der Waals surface area contributed by atoms with Crippen molar-refractivity contribution in [2.75, 3.05) is 20.1 Å². The monoisotopic (exact) mass is 358 g/mol. The Morgan fingerprint density at radius 2 is 2.00 bits per heavy atom. The van der Waals surface area contributed by atoms with E-state index in [0.717, 1.165) is 6.07 Å². The number of aliphatic hydroxyl groups is 1. The highest BCUT2D eigenvalue weighted by molar-refractivity contribution is 5.80. The van der Waals surface area contributed by atoms with Crippen LogP contribution in [0.1, 0.15) is 30.4 Å². The summed E-state index contributed by atoms with van der Waals surface area (Å²) in [6.45, 7) is 0.288. The van der Waals surface area contributed by atoms with Crippen molar-refractivity contribution < 1.29 is 27.9 Å². The third kappa shape index (κ3) is 4.94. The number of hydrogen-bond donors (Lipinski definition) is 2. The molecule has 1 fully saturated rings. The molecule has 0 spiro atoms. The molecule has 1 atom stereocenters. The van der Waals surface area contributed by atoms with Crippen LogP contribution in [0.25, 0.3) is 0 Å². The molecule has 138 valence electrons. The van der Waals surface area contributed by atoms with Crippen LogP contribution in [0.2, 0.25) is 0 Å². The Bertz CT molecular complexity index is 648. The third-order valence-corrected chi connectivity index (χ3v) is 4.34. The summed E-state index contributed by atoms with van der Waals surface area (Å²) in [5.41, 5.74) is -2.28. The number of amides is 2. The minimum Gasteiger partial charge on any atom is -0.388 e. The number of halogens is 3. The molecule has 1 saturated heterocycles. The number of carbonyl (C=O) groups excluding carboxylic acids is 2. The normalized spacial score (nSPS) is 21.1. The van der Waals surface area contributed by atoms with E-state index in [1.807, 2.05) is 0 Å². The van der Waals surface area contributed by atoms with Gasteiger partial charge in [0.25, 0.3) is 0 Å². The van der Waals surface area contributed by atoms with Crippen LogP contribution in [0.5, 0.6) is 0 Å². The van der Waals surface area contributed by atoms with E-state index in [4.69, 9.17) is 0 Å². The summed E-state index contributed by atoms with van der Waals surface area (Å²) in [7, 11) is 1.45. The van der Waals surface area contributed by atoms with Crippen LogP contribution in [-0.2, 0) is 22.2 Å². The first-order chi connectivity index (χ1) is 11.6. The molecule has 0 aliphatic carbocycles. The Balaban J connectivity index is 2.10. The number of hydrogen-bond acceptors (Lipinski definition) is 3. The van der Waals surface area contributed by atoms with Crippen molar-refractivity contribution in [2.24, 2.45) is 0 Å². The molecule has 25 heavy (non-hydrogen) atoms. The predicted octanol–water partition coefficient (Wildman–Crippen LogP) is 1.74. The van der Waals surface area contributed by atoms with Crippen LogP contribution < -0.4 is 5.32 Å². The molecule has 2 N–H and O–H groups in total. The number of β-amino-alcohol motifs (C(OH)–C–C–N with tert-alkyl or cyclic N) is 1. The minimum atomic E-state index is -4.53. The lowest BCUT2D eigenvalue weighted by Gasteiger charge is -2.39. The summed E-state index contributed by atoms with van der Waals surface area (Å²) in [5.74, 6) is -0.842. The van der Waals surface area contributed by atoms with Gasteiger partial charge in [-0.15, -0.1) is 0 Å². The molecule has 2 amide bonds. The Labute approximate surface area is 143 Å². The molecule has 2 rings (SSSR count). The molecule has 0 saturated carbocycles. The van der Waals surface area contributed by atoms with Crippen molar-refractivity contribution in [1.82, 2.24) is 10.2 Å². The van der Waals surface area contributed by atoms with Gasteiger partial charge in [-0.25, -0.2) is 0 Å². The predicted molar refractivity (Wildman–Crippen MR) is 84.6 cm³/mol. The summed E-state index contributed by atoms with van der Waals surface area (Å²) in [5, 5.41) is 12.9. The number of likely N-dealkylation sites (tertiary alicyclic amines) is 1. The van der Waals surface area contributed by atoms with Gasteiger partial charge in [0, 0.05) is 20.1 Å². The van der Waals surface area contributed by atoms with Crippen LogP contribution in [0.15, 0.2) is 24.3 Å². The maximum absolute atomic E-state index is 13.0. The number of nitrogens with zero attached hydrogens (tertiary/aromatic N) is 1. The number of nitrogens with one attached hydrogen (secondary N) is 1. The lowest BCUT2D eigenvalue weighted by Crippen LogP contribution is -2.52. The summed E-state index contributed by atoms with van der Waals surface area (Å²) in [4.78, 5) is 25.3. The second kappa shape index (κ2) is 7.43. The average Bonchev–Trinajstić information content (AvgIpc) is 2.53. The van der Waals surface area contributed by atoms with E-state index in [1.165, 1.54) is 30.1 Å². The highest BCUT2D eigenvalue weighted by atomic mass is 19.4. The van der Waals surface area contributed by atoms with E-state index < -0.39 is 29.7 Å². The Morgan fingerprint density at radius 1 is 1.32 bits per heavy atom. The van der Waals surface area contributed by atoms with Crippen LogP contribution in [0.3, 0.4) is 0 Å². The van der Waals surface area contributed by atoms with Gasteiger partial charge >= 0.3 is 6.18 Å². The Morgan fingerprint density at radius 3 is 2.64 bits per heavy atom. The van der Waals surface area contributed by atoms with Gasteiger partial charge in [0.1, 0.15) is 0 Å². The largest absolute Gasteiger partial charge is 0.416 e. The lowest BCUT2D eigenvalue weighted by molar-refractivity contribution is -0.143. The zero-order valence-electron chi connectivity index (χ0n) is 13.9. The topological polar surface area (TPSA) is 69.6 Å². The van der Waals surface area contributed by atoms with Crippen LogP contribution in [0.4, 0.5) is 13.2 Å². The highest BCUT2D eigenvalue weighted by Gasteiger charge is 2.38. The Hall–Kier alpha value is -2.09. The van der Waals surface area contributed by atoms with Gasteiger partial charge in [-0.1, -0.05) is 18.2 Å². The zero-order chi connectivity index (χ0) is 18.7. The maximum atomic E-state index is 13.0. The third-order valence-electron chi connectivity index (χ3n) is 4.34. The molecule has 1 aromatic carbocycles. The summed E-state index contributed by atoms with van der Waals surface area (Å²) in [6, 6.07) is 4.96. The second-order valence-corrected chi connectivity index (χ2v) is 6.32. The van der Waals surface area contributed by atoms with E-state index in [9.17, 15) is 27.9 Å². The fraction of sp³-hybridized carbons (Fsp3) is 0.529. The summed E-state index contributed by atoms with van der Waals surface area (Å²) in [6.07, 6.45) is -4.22. The molecule has 1 aliphatic rings. The van der Waals surface area contributed by atoms with Gasteiger partial charge < -0.3 is 15.3 Å². The zero-order valence-corrected chi connectivity index (χ0v) is 13.9. The first kappa shape index (κ1) is 19.2. The lowest BCUT2D eigenvalue weighted by atomic mass is 9.89. The van der Waals surface area contributed by atoms with Gasteiger partial charge in [-0.05, 0) is 24.5 Å². The smallest absolute Gasteiger partial charge is 0.388 e. The SMILES string of the molecule is CNC(=O)CC1(O)CCCN(C(=O)Cc2ccccc2C(F)(F)F)C1. The van der Waals surface area contributed by atoms with E-state index >= 15 is 0 Å². The average molecular weight is 358 g/mol. The second-order valence-electron chi connectivity index (χ2n) is 6.32. The van der Waals surface area contributed by atoms with Gasteiger partial charge in [-0.2, -0.15) is 13.2 Å². The number of carbonyl (C=O) groups is 2. The van der Waals surface area contributed by atoms with Crippen molar-refractivity contribution >= 4 is 11.8 Å². The van der Waals surface area contributed by atoms with E-state index in [1.54, 1.807) is 0 Å². The molecule has 5 nitrogen and oxygen atoms in total. The standard InChI is InChI=1S/C17H21F3N2O3/c1-21-14(23)10-16(25)7-4-8-22(11-16)15(24)9-12-5-2-3-6-13(12)17(18,19)20/h2-3,5-6,25H,4,7-11H2,1H3,(H,21,23). The molecule has 8 heteroatoms. The molecule has 1 unspecified atom stereocenters. The van der Waals surface area contributed by atoms with E-state index in [-0.39, 0.29) is 24.4 Å². The molecular formula is C17H21F3N2O3. The first-order valence-corrected chi connectivity index (χ1v) is 8.00. The number of alkyl halides is 3. The molecule has 1 aromatic rings. The van der Waals surface area contributed by atoms with Gasteiger partial charge in [-0.3, -0.25) is 9.59 Å². The van der Waals surface area contributed by atoms with Gasteiger partial charge in [0.05, 0.1) is 24.0 Å². The quantitative estimate of drug-likeness (QED) is 0.861.